The molecule has 3 N–H and O–H groups in total. The number of aromatic nitrogens is 2. The topological polar surface area (TPSA) is 94.0 Å². The molecule has 1 fully saturated rings. The van der Waals surface area contributed by atoms with Crippen molar-refractivity contribution in [3.8, 4) is 0 Å². The van der Waals surface area contributed by atoms with Crippen LogP contribution in [0.25, 0.3) is 0 Å². The number of amides is 1. The van der Waals surface area contributed by atoms with Crippen LogP contribution in [-0.2, 0) is 0 Å². The second kappa shape index (κ2) is 3.98. The highest BCUT2D eigenvalue weighted by Crippen LogP contribution is 2.25. The molecule has 0 saturated carbocycles. The monoisotopic (exact) mass is 210 g/mol. The van der Waals surface area contributed by atoms with Crippen molar-refractivity contribution in [3.63, 3.8) is 0 Å². The average molecular weight is 210 g/mol. The Kier molecular flexibility index (Phi) is 2.68. The van der Waals surface area contributed by atoms with Gasteiger partial charge in [-0.25, -0.2) is 0 Å². The number of nitrogens with two attached hydrogens (primary N) is 1. The SMILES string of the molecule is CC1CCNC(c2nc(C(N)=O)no2)C1. The maximum Gasteiger partial charge on any atom is 0.290 e. The molecule has 0 spiro atoms. The molecule has 2 rings (SSSR count). The number of hydrogen-bond acceptors (Lipinski definition) is 5. The predicted molar refractivity (Wildman–Crippen MR) is 52.0 cm³/mol. The normalized spacial score (nSPS) is 26.5. The number of carbonyl (C=O) groups is 1. The molecule has 1 aromatic heterocycles. The number of piperidine rings is 1. The third-order valence-electron chi connectivity index (χ3n) is 2.63. The van der Waals surface area contributed by atoms with E-state index in [0.717, 1.165) is 19.4 Å². The first-order chi connectivity index (χ1) is 7.16. The van der Waals surface area contributed by atoms with Gasteiger partial charge < -0.3 is 15.6 Å². The van der Waals surface area contributed by atoms with E-state index in [4.69, 9.17) is 10.3 Å². The second-order valence-corrected chi connectivity index (χ2v) is 3.96. The van der Waals surface area contributed by atoms with Crippen LogP contribution >= 0.6 is 0 Å². The third kappa shape index (κ3) is 2.15. The second-order valence-electron chi connectivity index (χ2n) is 3.96. The molecule has 0 aliphatic carbocycles. The number of hydrogen-bond donors (Lipinski definition) is 2. The van der Waals surface area contributed by atoms with Gasteiger partial charge in [-0.15, -0.1) is 0 Å². The summed E-state index contributed by atoms with van der Waals surface area (Å²) >= 11 is 0. The van der Waals surface area contributed by atoms with Crippen molar-refractivity contribution in [2.24, 2.45) is 11.7 Å². The standard InChI is InChI=1S/C9H14N4O2/c1-5-2-3-11-6(4-5)9-12-8(7(10)14)13-15-9/h5-6,11H,2-4H2,1H3,(H2,10,14). The van der Waals surface area contributed by atoms with E-state index >= 15 is 0 Å². The molecular formula is C9H14N4O2. The Hall–Kier alpha value is -1.43. The molecular weight excluding hydrogens is 196 g/mol. The summed E-state index contributed by atoms with van der Waals surface area (Å²) in [6.45, 7) is 3.11. The summed E-state index contributed by atoms with van der Waals surface area (Å²) in [5.41, 5.74) is 5.04. The van der Waals surface area contributed by atoms with Gasteiger partial charge in [-0.3, -0.25) is 4.79 Å². The van der Waals surface area contributed by atoms with E-state index in [1.54, 1.807) is 0 Å². The van der Waals surface area contributed by atoms with Gasteiger partial charge in [0.2, 0.25) is 5.89 Å². The van der Waals surface area contributed by atoms with Gasteiger partial charge in [-0.05, 0) is 25.3 Å². The molecule has 1 saturated heterocycles. The first-order valence-corrected chi connectivity index (χ1v) is 5.03. The van der Waals surface area contributed by atoms with Crippen molar-refractivity contribution >= 4 is 5.91 Å². The van der Waals surface area contributed by atoms with Crippen LogP contribution in [0.4, 0.5) is 0 Å². The fourth-order valence-corrected chi connectivity index (χ4v) is 1.77. The van der Waals surface area contributed by atoms with E-state index in [-0.39, 0.29) is 11.9 Å². The van der Waals surface area contributed by atoms with Gasteiger partial charge in [0, 0.05) is 0 Å². The molecule has 0 bridgehead atoms. The molecule has 2 heterocycles. The van der Waals surface area contributed by atoms with Crippen LogP contribution in [0.2, 0.25) is 0 Å². The fourth-order valence-electron chi connectivity index (χ4n) is 1.77. The van der Waals surface area contributed by atoms with Crippen molar-refractivity contribution < 1.29 is 9.32 Å². The number of nitrogens with zero attached hydrogens (tertiary/aromatic N) is 2. The first kappa shape index (κ1) is 10.1. The summed E-state index contributed by atoms with van der Waals surface area (Å²) < 4.78 is 4.99. The minimum absolute atomic E-state index is 0.0503. The van der Waals surface area contributed by atoms with Gasteiger partial charge in [-0.1, -0.05) is 12.1 Å². The van der Waals surface area contributed by atoms with Crippen LogP contribution in [0.5, 0.6) is 0 Å². The highest BCUT2D eigenvalue weighted by molar-refractivity contribution is 5.88. The minimum atomic E-state index is -0.658. The molecule has 0 radical (unpaired) electrons. The fraction of sp³-hybridized carbons (Fsp3) is 0.667. The smallest absolute Gasteiger partial charge is 0.290 e. The van der Waals surface area contributed by atoms with Crippen LogP contribution < -0.4 is 11.1 Å². The summed E-state index contributed by atoms with van der Waals surface area (Å²) in [6.07, 6.45) is 2.09. The maximum atomic E-state index is 10.8. The Labute approximate surface area is 87.2 Å². The molecule has 15 heavy (non-hydrogen) atoms. The van der Waals surface area contributed by atoms with Gasteiger partial charge >= 0.3 is 0 Å². The molecule has 2 atom stereocenters. The average Bonchev–Trinajstić information content (AvgIpc) is 2.66. The molecule has 6 nitrogen and oxygen atoms in total. The highest BCUT2D eigenvalue weighted by atomic mass is 16.5. The Morgan fingerprint density at radius 1 is 1.67 bits per heavy atom. The van der Waals surface area contributed by atoms with Gasteiger partial charge in [0.25, 0.3) is 11.7 Å². The molecule has 2 unspecified atom stereocenters. The van der Waals surface area contributed by atoms with Gasteiger partial charge in [-0.2, -0.15) is 4.98 Å². The Morgan fingerprint density at radius 3 is 3.07 bits per heavy atom. The number of nitrogens with one attached hydrogen (secondary N) is 1. The van der Waals surface area contributed by atoms with Gasteiger partial charge in [0.05, 0.1) is 6.04 Å². The lowest BCUT2D eigenvalue weighted by Gasteiger charge is -2.25. The number of primary amides is 1. The van der Waals surface area contributed by atoms with E-state index in [2.05, 4.69) is 22.4 Å². The number of carbonyl (C=O) groups excluding carboxylic acids is 1. The summed E-state index contributed by atoms with van der Waals surface area (Å²) in [6, 6.07) is 0.0503. The Bertz CT molecular complexity index is 363. The largest absolute Gasteiger partial charge is 0.363 e. The van der Waals surface area contributed by atoms with Crippen molar-refractivity contribution in [1.29, 1.82) is 0 Å². The summed E-state index contributed by atoms with van der Waals surface area (Å²) in [5.74, 6) is 0.370. The van der Waals surface area contributed by atoms with Crippen LogP contribution in [-0.4, -0.2) is 22.6 Å². The Morgan fingerprint density at radius 2 is 2.47 bits per heavy atom. The lowest BCUT2D eigenvalue weighted by atomic mass is 9.94. The number of rotatable bonds is 2. The minimum Gasteiger partial charge on any atom is -0.363 e. The molecule has 1 aromatic rings. The molecule has 82 valence electrons. The molecule has 1 aliphatic rings. The zero-order valence-electron chi connectivity index (χ0n) is 8.56. The quantitative estimate of drug-likeness (QED) is 0.728. The lowest BCUT2D eigenvalue weighted by Crippen LogP contribution is -2.31. The zero-order chi connectivity index (χ0) is 10.8. The van der Waals surface area contributed by atoms with Crippen LogP contribution in [0.3, 0.4) is 0 Å². The molecule has 1 aliphatic heterocycles. The molecule has 0 aromatic carbocycles. The summed E-state index contributed by atoms with van der Waals surface area (Å²) in [5, 5.41) is 6.78. The van der Waals surface area contributed by atoms with Crippen molar-refractivity contribution in [2.75, 3.05) is 6.54 Å². The molecule has 1 amide bonds. The van der Waals surface area contributed by atoms with Crippen LogP contribution in [0.1, 0.15) is 42.3 Å². The summed E-state index contributed by atoms with van der Waals surface area (Å²) in [4.78, 5) is 14.7. The predicted octanol–water partition coefficient (Wildman–Crippen LogP) is 0.229. The van der Waals surface area contributed by atoms with Crippen molar-refractivity contribution in [3.05, 3.63) is 11.7 Å². The van der Waals surface area contributed by atoms with Crippen molar-refractivity contribution in [1.82, 2.24) is 15.5 Å². The van der Waals surface area contributed by atoms with Gasteiger partial charge in [0.15, 0.2) is 0 Å². The van der Waals surface area contributed by atoms with Crippen LogP contribution in [0.15, 0.2) is 4.52 Å². The third-order valence-corrected chi connectivity index (χ3v) is 2.63. The zero-order valence-corrected chi connectivity index (χ0v) is 8.56. The van der Waals surface area contributed by atoms with Crippen molar-refractivity contribution in [2.45, 2.75) is 25.8 Å². The van der Waals surface area contributed by atoms with E-state index in [1.807, 2.05) is 0 Å². The highest BCUT2D eigenvalue weighted by Gasteiger charge is 2.25. The lowest BCUT2D eigenvalue weighted by molar-refractivity contribution is 0.0987. The van der Waals surface area contributed by atoms with Gasteiger partial charge in [0.1, 0.15) is 0 Å². The van der Waals surface area contributed by atoms with E-state index < -0.39 is 5.91 Å². The first-order valence-electron chi connectivity index (χ1n) is 5.03. The summed E-state index contributed by atoms with van der Waals surface area (Å²) in [7, 11) is 0. The van der Waals surface area contributed by atoms with E-state index in [9.17, 15) is 4.79 Å². The van der Waals surface area contributed by atoms with E-state index in [0.29, 0.717) is 11.8 Å². The van der Waals surface area contributed by atoms with Crippen LogP contribution in [0, 0.1) is 5.92 Å². The van der Waals surface area contributed by atoms with E-state index in [1.165, 1.54) is 0 Å². The molecule has 6 heteroatoms. The maximum absolute atomic E-state index is 10.8. The Balaban J connectivity index is 2.11.